The molecule has 0 saturated heterocycles. The van der Waals surface area contributed by atoms with Crippen LogP contribution in [-0.2, 0) is 11.3 Å². The second kappa shape index (κ2) is 9.37. The molecule has 112 valence electrons. The predicted molar refractivity (Wildman–Crippen MR) is 82.4 cm³/mol. The summed E-state index contributed by atoms with van der Waals surface area (Å²) >= 11 is 0. The van der Waals surface area contributed by atoms with E-state index in [0.717, 1.165) is 18.6 Å². The lowest BCUT2D eigenvalue weighted by molar-refractivity contribution is 0.1000. The first-order valence-electron chi connectivity index (χ1n) is 7.41. The van der Waals surface area contributed by atoms with Crippen molar-refractivity contribution in [1.82, 2.24) is 0 Å². The zero-order valence-corrected chi connectivity index (χ0v) is 12.4. The number of amides is 1. The van der Waals surface area contributed by atoms with Gasteiger partial charge in [-0.25, -0.2) is 0 Å². The number of unbranched alkanes of at least 4 members (excludes halogenated alkanes) is 5. The van der Waals surface area contributed by atoms with Crippen molar-refractivity contribution in [2.45, 2.75) is 52.1 Å². The number of nitrogen functional groups attached to an aromatic ring is 1. The normalized spacial score (nSPS) is 10.7. The maximum atomic E-state index is 11.0. The van der Waals surface area contributed by atoms with Crippen LogP contribution < -0.4 is 11.5 Å². The first-order valence-corrected chi connectivity index (χ1v) is 7.41. The minimum absolute atomic E-state index is 0.433. The van der Waals surface area contributed by atoms with Crippen LogP contribution in [0.3, 0.4) is 0 Å². The van der Waals surface area contributed by atoms with Crippen LogP contribution in [0.1, 0.15) is 61.4 Å². The van der Waals surface area contributed by atoms with Crippen LogP contribution in [0.25, 0.3) is 0 Å². The molecule has 1 rings (SSSR count). The van der Waals surface area contributed by atoms with E-state index in [2.05, 4.69) is 6.92 Å². The number of anilines is 1. The summed E-state index contributed by atoms with van der Waals surface area (Å²) in [5.74, 6) is -0.462. The number of hydrogen-bond donors (Lipinski definition) is 2. The molecule has 0 spiro atoms. The molecule has 0 bridgehead atoms. The Morgan fingerprint density at radius 1 is 1.15 bits per heavy atom. The summed E-state index contributed by atoms with van der Waals surface area (Å²) in [4.78, 5) is 11.0. The molecule has 0 aromatic heterocycles. The molecule has 1 amide bonds. The quantitative estimate of drug-likeness (QED) is 0.509. The van der Waals surface area contributed by atoms with E-state index in [4.69, 9.17) is 16.2 Å². The van der Waals surface area contributed by atoms with Gasteiger partial charge in [-0.15, -0.1) is 0 Å². The zero-order valence-electron chi connectivity index (χ0n) is 12.4. The molecule has 4 N–H and O–H groups in total. The minimum Gasteiger partial charge on any atom is -0.398 e. The topological polar surface area (TPSA) is 78.3 Å². The van der Waals surface area contributed by atoms with Crippen LogP contribution in [0, 0.1) is 0 Å². The largest absolute Gasteiger partial charge is 0.398 e. The molecule has 0 fully saturated rings. The third kappa shape index (κ3) is 6.06. The van der Waals surface area contributed by atoms with Gasteiger partial charge in [0.1, 0.15) is 0 Å². The van der Waals surface area contributed by atoms with Crippen molar-refractivity contribution in [2.24, 2.45) is 5.73 Å². The highest BCUT2D eigenvalue weighted by Crippen LogP contribution is 2.15. The van der Waals surface area contributed by atoms with Gasteiger partial charge in [0.05, 0.1) is 6.61 Å². The highest BCUT2D eigenvalue weighted by molar-refractivity contribution is 5.93. The summed E-state index contributed by atoms with van der Waals surface area (Å²) in [5.41, 5.74) is 13.0. The van der Waals surface area contributed by atoms with Crippen LogP contribution in [0.15, 0.2) is 18.2 Å². The van der Waals surface area contributed by atoms with Gasteiger partial charge in [0, 0.05) is 23.4 Å². The first-order chi connectivity index (χ1) is 9.65. The van der Waals surface area contributed by atoms with E-state index in [1.54, 1.807) is 18.2 Å². The van der Waals surface area contributed by atoms with Crippen LogP contribution in [-0.4, -0.2) is 12.5 Å². The van der Waals surface area contributed by atoms with Gasteiger partial charge >= 0.3 is 0 Å². The molecular formula is C16H26N2O2. The third-order valence-corrected chi connectivity index (χ3v) is 3.33. The zero-order chi connectivity index (χ0) is 14.8. The molecule has 0 heterocycles. The second-order valence-corrected chi connectivity index (χ2v) is 5.10. The Morgan fingerprint density at radius 3 is 2.50 bits per heavy atom. The fourth-order valence-corrected chi connectivity index (χ4v) is 2.05. The van der Waals surface area contributed by atoms with Crippen molar-refractivity contribution in [1.29, 1.82) is 0 Å². The molecule has 4 heteroatoms. The van der Waals surface area contributed by atoms with E-state index < -0.39 is 5.91 Å². The van der Waals surface area contributed by atoms with Gasteiger partial charge in [-0.3, -0.25) is 4.79 Å². The van der Waals surface area contributed by atoms with Gasteiger partial charge in [-0.2, -0.15) is 0 Å². The molecule has 0 saturated carbocycles. The van der Waals surface area contributed by atoms with E-state index in [9.17, 15) is 4.79 Å². The van der Waals surface area contributed by atoms with Gasteiger partial charge in [0.2, 0.25) is 5.91 Å². The molecule has 20 heavy (non-hydrogen) atoms. The molecule has 1 aromatic rings. The molecule has 0 aliphatic carbocycles. The van der Waals surface area contributed by atoms with E-state index >= 15 is 0 Å². The number of primary amides is 1. The second-order valence-electron chi connectivity index (χ2n) is 5.10. The Kier molecular flexibility index (Phi) is 7.73. The Hall–Kier alpha value is -1.55. The number of carbonyl (C=O) groups is 1. The van der Waals surface area contributed by atoms with Crippen molar-refractivity contribution in [2.75, 3.05) is 12.3 Å². The Labute approximate surface area is 121 Å². The fraction of sp³-hybridized carbons (Fsp3) is 0.562. The van der Waals surface area contributed by atoms with Crippen LogP contribution in [0.5, 0.6) is 0 Å². The number of nitrogens with two attached hydrogens (primary N) is 2. The number of benzene rings is 1. The van der Waals surface area contributed by atoms with Gasteiger partial charge in [0.25, 0.3) is 0 Å². The SMILES string of the molecule is CCCCCCCCOCc1ccc(C(N)=O)cc1N. The average molecular weight is 278 g/mol. The van der Waals surface area contributed by atoms with Crippen molar-refractivity contribution >= 4 is 11.6 Å². The number of carbonyl (C=O) groups excluding carboxylic acids is 1. The first kappa shape index (κ1) is 16.5. The van der Waals surface area contributed by atoms with Crippen molar-refractivity contribution in [3.63, 3.8) is 0 Å². The lowest BCUT2D eigenvalue weighted by Gasteiger charge is -2.08. The Morgan fingerprint density at radius 2 is 1.85 bits per heavy atom. The fourth-order valence-electron chi connectivity index (χ4n) is 2.05. The maximum Gasteiger partial charge on any atom is 0.248 e. The smallest absolute Gasteiger partial charge is 0.248 e. The van der Waals surface area contributed by atoms with Crippen molar-refractivity contribution < 1.29 is 9.53 Å². The molecule has 4 nitrogen and oxygen atoms in total. The summed E-state index contributed by atoms with van der Waals surface area (Å²) in [6, 6.07) is 5.09. The average Bonchev–Trinajstić information content (AvgIpc) is 2.43. The number of hydrogen-bond acceptors (Lipinski definition) is 3. The summed E-state index contributed by atoms with van der Waals surface area (Å²) < 4.78 is 5.61. The molecule has 0 unspecified atom stereocenters. The van der Waals surface area contributed by atoms with Gasteiger partial charge in [0.15, 0.2) is 0 Å². The highest BCUT2D eigenvalue weighted by atomic mass is 16.5. The van der Waals surface area contributed by atoms with Crippen molar-refractivity contribution in [3.8, 4) is 0 Å². The van der Waals surface area contributed by atoms with Crippen LogP contribution in [0.4, 0.5) is 5.69 Å². The van der Waals surface area contributed by atoms with E-state index in [1.807, 2.05) is 0 Å². The summed E-state index contributed by atoms with van der Waals surface area (Å²) in [6.45, 7) is 3.46. The Balaban J connectivity index is 2.20. The standard InChI is InChI=1S/C16H26N2O2/c1-2-3-4-5-6-7-10-20-12-14-9-8-13(16(18)19)11-15(14)17/h8-9,11H,2-7,10,12,17H2,1H3,(H2,18,19). The lowest BCUT2D eigenvalue weighted by atomic mass is 10.1. The van der Waals surface area contributed by atoms with Crippen LogP contribution in [0.2, 0.25) is 0 Å². The lowest BCUT2D eigenvalue weighted by Crippen LogP contribution is -2.12. The molecule has 0 aliphatic rings. The number of ether oxygens (including phenoxy) is 1. The summed E-state index contributed by atoms with van der Waals surface area (Å²) in [5, 5.41) is 0. The predicted octanol–water partition coefficient (Wildman–Crippen LogP) is 3.24. The van der Waals surface area contributed by atoms with Gasteiger partial charge < -0.3 is 16.2 Å². The third-order valence-electron chi connectivity index (χ3n) is 3.33. The maximum absolute atomic E-state index is 11.0. The van der Waals surface area contributed by atoms with E-state index in [0.29, 0.717) is 17.9 Å². The molecule has 0 aliphatic heterocycles. The van der Waals surface area contributed by atoms with E-state index in [-0.39, 0.29) is 0 Å². The summed E-state index contributed by atoms with van der Waals surface area (Å²) in [6.07, 6.45) is 7.50. The molecule has 0 atom stereocenters. The minimum atomic E-state index is -0.462. The van der Waals surface area contributed by atoms with Gasteiger partial charge in [-0.05, 0) is 18.6 Å². The van der Waals surface area contributed by atoms with Crippen molar-refractivity contribution in [3.05, 3.63) is 29.3 Å². The molecule has 1 aromatic carbocycles. The highest BCUT2D eigenvalue weighted by Gasteiger charge is 2.04. The van der Waals surface area contributed by atoms with Gasteiger partial charge in [-0.1, -0.05) is 45.1 Å². The molecular weight excluding hydrogens is 252 g/mol. The van der Waals surface area contributed by atoms with E-state index in [1.165, 1.54) is 32.1 Å². The molecule has 0 radical (unpaired) electrons. The summed E-state index contributed by atoms with van der Waals surface area (Å²) in [7, 11) is 0. The number of rotatable bonds is 10. The van der Waals surface area contributed by atoms with Crippen LogP contribution >= 0.6 is 0 Å². The Bertz CT molecular complexity index is 419. The monoisotopic (exact) mass is 278 g/mol.